The first-order valence-corrected chi connectivity index (χ1v) is 7.77. The Bertz CT molecular complexity index is 199. The fourth-order valence-corrected chi connectivity index (χ4v) is 3.26. The summed E-state index contributed by atoms with van der Waals surface area (Å²) in [5.41, 5.74) is 0. The number of rotatable bonds is 5. The van der Waals surface area contributed by atoms with Gasteiger partial charge in [0, 0.05) is 25.2 Å². The molecule has 2 heterocycles. The van der Waals surface area contributed by atoms with Crippen molar-refractivity contribution in [3.8, 4) is 0 Å². The number of ether oxygens (including phenoxy) is 1. The van der Waals surface area contributed by atoms with Crippen molar-refractivity contribution < 1.29 is 4.74 Å². The maximum Gasteiger partial charge on any atom is 0.0506 e. The molecule has 3 nitrogen and oxygen atoms in total. The molecule has 0 amide bonds. The molecule has 2 saturated heterocycles. The molecule has 0 aliphatic carbocycles. The molecule has 0 saturated carbocycles. The topological polar surface area (TPSA) is 24.5 Å². The van der Waals surface area contributed by atoms with E-state index in [-0.39, 0.29) is 0 Å². The van der Waals surface area contributed by atoms with E-state index in [2.05, 4.69) is 24.2 Å². The largest absolute Gasteiger partial charge is 0.381 e. The zero-order valence-corrected chi connectivity index (χ0v) is 12.2. The first-order valence-electron chi connectivity index (χ1n) is 7.77. The number of nitrogens with zero attached hydrogens (tertiary/aromatic N) is 1. The fraction of sp³-hybridized carbons (Fsp3) is 1.00. The lowest BCUT2D eigenvalue weighted by Crippen LogP contribution is -2.42. The summed E-state index contributed by atoms with van der Waals surface area (Å²) >= 11 is 0. The van der Waals surface area contributed by atoms with Crippen LogP contribution in [0.2, 0.25) is 0 Å². The van der Waals surface area contributed by atoms with Gasteiger partial charge in [-0.2, -0.15) is 0 Å². The lowest BCUT2D eigenvalue weighted by molar-refractivity contribution is 0.0358. The lowest BCUT2D eigenvalue weighted by atomic mass is 9.96. The molecule has 2 aliphatic rings. The van der Waals surface area contributed by atoms with Gasteiger partial charge in [0.1, 0.15) is 0 Å². The van der Waals surface area contributed by atoms with Crippen molar-refractivity contribution in [3.05, 3.63) is 0 Å². The van der Waals surface area contributed by atoms with Crippen LogP contribution in [0.1, 0.15) is 45.4 Å². The molecule has 0 radical (unpaired) electrons. The maximum atomic E-state index is 5.57. The smallest absolute Gasteiger partial charge is 0.0506 e. The number of piperidine rings is 1. The predicted molar refractivity (Wildman–Crippen MR) is 75.9 cm³/mol. The minimum absolute atomic E-state index is 0.683. The van der Waals surface area contributed by atoms with Gasteiger partial charge in [0.05, 0.1) is 6.61 Å². The molecule has 0 aromatic heterocycles. The highest BCUT2D eigenvalue weighted by Crippen LogP contribution is 2.18. The zero-order valence-electron chi connectivity index (χ0n) is 12.2. The monoisotopic (exact) mass is 254 g/mol. The van der Waals surface area contributed by atoms with E-state index in [1.165, 1.54) is 51.6 Å². The van der Waals surface area contributed by atoms with Gasteiger partial charge < -0.3 is 15.0 Å². The van der Waals surface area contributed by atoms with Gasteiger partial charge in [-0.25, -0.2) is 0 Å². The van der Waals surface area contributed by atoms with E-state index in [9.17, 15) is 0 Å². The van der Waals surface area contributed by atoms with Gasteiger partial charge in [-0.05, 0) is 58.5 Å². The molecule has 0 aromatic carbocycles. The van der Waals surface area contributed by atoms with Crippen molar-refractivity contribution in [3.63, 3.8) is 0 Å². The highest BCUT2D eigenvalue weighted by Gasteiger charge is 2.21. The van der Waals surface area contributed by atoms with Gasteiger partial charge in [-0.3, -0.25) is 0 Å². The maximum absolute atomic E-state index is 5.57. The van der Waals surface area contributed by atoms with Crippen LogP contribution in [-0.4, -0.2) is 50.3 Å². The molecule has 1 N–H and O–H groups in total. The molecular formula is C15H30N2O. The van der Waals surface area contributed by atoms with Crippen LogP contribution in [0.3, 0.4) is 0 Å². The van der Waals surface area contributed by atoms with Crippen LogP contribution >= 0.6 is 0 Å². The Morgan fingerprint density at radius 1 is 1.28 bits per heavy atom. The summed E-state index contributed by atoms with van der Waals surface area (Å²) < 4.78 is 5.57. The summed E-state index contributed by atoms with van der Waals surface area (Å²) in [5, 5.41) is 3.66. The SMILES string of the molecule is CC(CC1CCCCN1)N(C)CC1CCCOC1. The second-order valence-corrected chi connectivity index (χ2v) is 6.25. The fourth-order valence-electron chi connectivity index (χ4n) is 3.26. The Kier molecular flexibility index (Phi) is 5.93. The summed E-state index contributed by atoms with van der Waals surface area (Å²) in [7, 11) is 2.28. The molecule has 0 aromatic rings. The Balaban J connectivity index is 1.68. The molecule has 2 fully saturated rings. The van der Waals surface area contributed by atoms with Crippen molar-refractivity contribution in [2.75, 3.05) is 33.4 Å². The van der Waals surface area contributed by atoms with E-state index in [4.69, 9.17) is 4.74 Å². The predicted octanol–water partition coefficient (Wildman–Crippen LogP) is 2.27. The van der Waals surface area contributed by atoms with Crippen molar-refractivity contribution in [2.24, 2.45) is 5.92 Å². The van der Waals surface area contributed by atoms with E-state index in [0.29, 0.717) is 6.04 Å². The van der Waals surface area contributed by atoms with Gasteiger partial charge in [0.25, 0.3) is 0 Å². The molecular weight excluding hydrogens is 224 g/mol. The number of nitrogens with one attached hydrogen (secondary N) is 1. The normalized spacial score (nSPS) is 31.5. The molecule has 106 valence electrons. The van der Waals surface area contributed by atoms with Crippen molar-refractivity contribution in [2.45, 2.75) is 57.5 Å². The summed E-state index contributed by atoms with van der Waals surface area (Å²) in [6.07, 6.45) is 8.02. The molecule has 0 spiro atoms. The second-order valence-electron chi connectivity index (χ2n) is 6.25. The van der Waals surface area contributed by atoms with Crippen molar-refractivity contribution in [1.82, 2.24) is 10.2 Å². The second kappa shape index (κ2) is 7.46. The third kappa shape index (κ3) is 4.52. The van der Waals surface area contributed by atoms with Crippen LogP contribution in [0.5, 0.6) is 0 Å². The van der Waals surface area contributed by atoms with Gasteiger partial charge in [0.2, 0.25) is 0 Å². The molecule has 18 heavy (non-hydrogen) atoms. The van der Waals surface area contributed by atoms with Crippen LogP contribution in [0.25, 0.3) is 0 Å². The summed E-state index contributed by atoms with van der Waals surface area (Å²) in [5.74, 6) is 0.755. The first-order chi connectivity index (χ1) is 8.75. The van der Waals surface area contributed by atoms with Gasteiger partial charge in [-0.1, -0.05) is 6.42 Å². The average molecular weight is 254 g/mol. The first kappa shape index (κ1) is 14.3. The lowest BCUT2D eigenvalue weighted by Gasteiger charge is -2.34. The Hall–Kier alpha value is -0.120. The zero-order chi connectivity index (χ0) is 12.8. The highest BCUT2D eigenvalue weighted by atomic mass is 16.5. The van der Waals surface area contributed by atoms with E-state index in [1.54, 1.807) is 0 Å². The molecule has 3 atom stereocenters. The number of hydrogen-bond acceptors (Lipinski definition) is 3. The van der Waals surface area contributed by atoms with E-state index < -0.39 is 0 Å². The van der Waals surface area contributed by atoms with Crippen molar-refractivity contribution >= 4 is 0 Å². The Morgan fingerprint density at radius 2 is 2.17 bits per heavy atom. The highest BCUT2D eigenvalue weighted by molar-refractivity contribution is 4.79. The Labute approximate surface area is 112 Å². The van der Waals surface area contributed by atoms with Crippen LogP contribution in [0.15, 0.2) is 0 Å². The van der Waals surface area contributed by atoms with E-state index >= 15 is 0 Å². The quantitative estimate of drug-likeness (QED) is 0.814. The van der Waals surface area contributed by atoms with Crippen LogP contribution in [-0.2, 0) is 4.74 Å². The van der Waals surface area contributed by atoms with E-state index in [0.717, 1.165) is 25.2 Å². The minimum atomic E-state index is 0.683. The standard InChI is InChI=1S/C15H30N2O/c1-13(10-15-7-3-4-8-16-15)17(2)11-14-6-5-9-18-12-14/h13-16H,3-12H2,1-2H3. The molecule has 3 heteroatoms. The third-order valence-electron chi connectivity index (χ3n) is 4.59. The number of hydrogen-bond donors (Lipinski definition) is 1. The van der Waals surface area contributed by atoms with Crippen LogP contribution in [0.4, 0.5) is 0 Å². The summed E-state index contributed by atoms with van der Waals surface area (Å²) in [4.78, 5) is 2.54. The minimum Gasteiger partial charge on any atom is -0.381 e. The van der Waals surface area contributed by atoms with Gasteiger partial charge in [-0.15, -0.1) is 0 Å². The third-order valence-corrected chi connectivity index (χ3v) is 4.59. The molecule has 2 rings (SSSR count). The van der Waals surface area contributed by atoms with E-state index in [1.807, 2.05) is 0 Å². The van der Waals surface area contributed by atoms with Crippen LogP contribution in [0, 0.1) is 5.92 Å². The Morgan fingerprint density at radius 3 is 2.83 bits per heavy atom. The summed E-state index contributed by atoms with van der Waals surface area (Å²) in [6.45, 7) is 6.74. The summed E-state index contributed by atoms with van der Waals surface area (Å²) in [6, 6.07) is 1.43. The van der Waals surface area contributed by atoms with Gasteiger partial charge >= 0.3 is 0 Å². The molecule has 2 aliphatic heterocycles. The molecule has 0 bridgehead atoms. The van der Waals surface area contributed by atoms with Crippen LogP contribution < -0.4 is 5.32 Å². The molecule has 3 unspecified atom stereocenters. The average Bonchev–Trinajstić information content (AvgIpc) is 2.41. The van der Waals surface area contributed by atoms with Crippen molar-refractivity contribution in [1.29, 1.82) is 0 Å². The van der Waals surface area contributed by atoms with Gasteiger partial charge in [0.15, 0.2) is 0 Å².